The van der Waals surface area contributed by atoms with E-state index < -0.39 is 0 Å². The van der Waals surface area contributed by atoms with Crippen molar-refractivity contribution in [1.29, 1.82) is 0 Å². The number of hydrogen-bond acceptors (Lipinski definition) is 2. The molecule has 1 aliphatic rings. The Morgan fingerprint density at radius 2 is 1.90 bits per heavy atom. The lowest BCUT2D eigenvalue weighted by Crippen LogP contribution is -2.27. The summed E-state index contributed by atoms with van der Waals surface area (Å²) in [7, 11) is 2.11. The molecule has 0 spiro atoms. The van der Waals surface area contributed by atoms with Gasteiger partial charge in [-0.15, -0.1) is 11.3 Å². The van der Waals surface area contributed by atoms with Crippen LogP contribution < -0.4 is 5.32 Å². The van der Waals surface area contributed by atoms with Crippen LogP contribution in [-0.4, -0.2) is 7.05 Å². The molecule has 1 aromatic carbocycles. The number of thiophene rings is 1. The standard InChI is InChI=1S/C19H25NS/c1-12-10-14(3)17(11-13(12)2)19(20-4)16-6-5-7-18-15(16)8-9-21-18/h8-11,16,19-20H,5-7H2,1-4H3. The molecule has 3 rings (SSSR count). The molecule has 1 heterocycles. The predicted molar refractivity (Wildman–Crippen MR) is 92.5 cm³/mol. The first-order valence-corrected chi connectivity index (χ1v) is 8.81. The van der Waals surface area contributed by atoms with Crippen molar-refractivity contribution in [3.05, 3.63) is 56.3 Å². The summed E-state index contributed by atoms with van der Waals surface area (Å²) in [6.45, 7) is 6.68. The molecule has 1 aromatic heterocycles. The van der Waals surface area contributed by atoms with E-state index in [4.69, 9.17) is 0 Å². The van der Waals surface area contributed by atoms with Crippen LogP contribution in [0.4, 0.5) is 0 Å². The third-order valence-corrected chi connectivity index (χ3v) is 6.03. The number of aryl methyl sites for hydroxylation is 4. The van der Waals surface area contributed by atoms with Crippen LogP contribution in [0.1, 0.15) is 57.5 Å². The third-order valence-electron chi connectivity index (χ3n) is 5.03. The van der Waals surface area contributed by atoms with Crippen LogP contribution in [-0.2, 0) is 6.42 Å². The summed E-state index contributed by atoms with van der Waals surface area (Å²) in [5.74, 6) is 0.616. The average molecular weight is 299 g/mol. The second-order valence-electron chi connectivity index (χ2n) is 6.36. The van der Waals surface area contributed by atoms with Crippen molar-refractivity contribution in [1.82, 2.24) is 5.32 Å². The SMILES string of the molecule is CNC(c1cc(C)c(C)cc1C)C1CCCc2sccc21. The molecule has 2 aromatic rings. The molecule has 1 nitrogen and oxygen atoms in total. The molecule has 21 heavy (non-hydrogen) atoms. The summed E-state index contributed by atoms with van der Waals surface area (Å²) in [4.78, 5) is 1.60. The van der Waals surface area contributed by atoms with Crippen LogP contribution in [0.25, 0.3) is 0 Å². The van der Waals surface area contributed by atoms with E-state index in [1.807, 2.05) is 11.3 Å². The maximum Gasteiger partial charge on any atom is 0.0390 e. The van der Waals surface area contributed by atoms with E-state index in [0.29, 0.717) is 12.0 Å². The van der Waals surface area contributed by atoms with Gasteiger partial charge in [0, 0.05) is 16.8 Å². The van der Waals surface area contributed by atoms with Gasteiger partial charge in [0.2, 0.25) is 0 Å². The summed E-state index contributed by atoms with van der Waals surface area (Å²) < 4.78 is 0. The van der Waals surface area contributed by atoms with Crippen LogP contribution in [0, 0.1) is 20.8 Å². The second kappa shape index (κ2) is 5.94. The Bertz CT molecular complexity index is 641. The fourth-order valence-electron chi connectivity index (χ4n) is 3.76. The molecule has 0 fully saturated rings. The summed E-state index contributed by atoms with van der Waals surface area (Å²) >= 11 is 1.93. The quantitative estimate of drug-likeness (QED) is 0.836. The molecule has 112 valence electrons. The van der Waals surface area contributed by atoms with Crippen LogP contribution >= 0.6 is 11.3 Å². The van der Waals surface area contributed by atoms with Crippen LogP contribution in [0.3, 0.4) is 0 Å². The number of benzene rings is 1. The largest absolute Gasteiger partial charge is 0.312 e. The van der Waals surface area contributed by atoms with E-state index in [9.17, 15) is 0 Å². The van der Waals surface area contributed by atoms with E-state index in [-0.39, 0.29) is 0 Å². The molecular weight excluding hydrogens is 274 g/mol. The van der Waals surface area contributed by atoms with Crippen molar-refractivity contribution in [2.45, 2.75) is 52.0 Å². The molecule has 0 saturated heterocycles. The van der Waals surface area contributed by atoms with E-state index in [1.165, 1.54) is 41.5 Å². The van der Waals surface area contributed by atoms with Crippen molar-refractivity contribution >= 4 is 11.3 Å². The van der Waals surface area contributed by atoms with Crippen molar-refractivity contribution in [2.75, 3.05) is 7.05 Å². The first-order valence-electron chi connectivity index (χ1n) is 7.93. The molecule has 2 atom stereocenters. The van der Waals surface area contributed by atoms with Gasteiger partial charge < -0.3 is 5.32 Å². The smallest absolute Gasteiger partial charge is 0.0390 e. The molecule has 0 radical (unpaired) electrons. The topological polar surface area (TPSA) is 12.0 Å². The van der Waals surface area contributed by atoms with Gasteiger partial charge in [-0.1, -0.05) is 12.1 Å². The third kappa shape index (κ3) is 2.67. The highest BCUT2D eigenvalue weighted by Gasteiger charge is 2.29. The van der Waals surface area contributed by atoms with Crippen molar-refractivity contribution < 1.29 is 0 Å². The van der Waals surface area contributed by atoms with Gasteiger partial charge >= 0.3 is 0 Å². The van der Waals surface area contributed by atoms with E-state index in [1.54, 1.807) is 10.4 Å². The molecule has 0 aliphatic heterocycles. The first-order chi connectivity index (χ1) is 10.1. The fraction of sp³-hybridized carbons (Fsp3) is 0.474. The molecular formula is C19H25NS. The molecule has 1 N–H and O–H groups in total. The lowest BCUT2D eigenvalue weighted by Gasteiger charge is -2.32. The normalized spacial score (nSPS) is 19.3. The number of rotatable bonds is 3. The monoisotopic (exact) mass is 299 g/mol. The van der Waals surface area contributed by atoms with Gasteiger partial charge in [-0.2, -0.15) is 0 Å². The Hall–Kier alpha value is -1.12. The van der Waals surface area contributed by atoms with Gasteiger partial charge in [-0.3, -0.25) is 0 Å². The Morgan fingerprint density at radius 1 is 1.14 bits per heavy atom. The van der Waals surface area contributed by atoms with Gasteiger partial charge in [-0.05, 0) is 86.3 Å². The minimum atomic E-state index is 0.429. The lowest BCUT2D eigenvalue weighted by atomic mass is 9.78. The number of likely N-dealkylation sites (N-methyl/N-ethyl adjacent to an activating group) is 1. The number of fused-ring (bicyclic) bond motifs is 1. The first kappa shape index (κ1) is 14.8. The van der Waals surface area contributed by atoms with E-state index >= 15 is 0 Å². The zero-order chi connectivity index (χ0) is 15.0. The second-order valence-corrected chi connectivity index (χ2v) is 7.36. The van der Waals surface area contributed by atoms with E-state index in [0.717, 1.165) is 0 Å². The minimum Gasteiger partial charge on any atom is -0.312 e. The predicted octanol–water partition coefficient (Wildman–Crippen LogP) is 5.05. The zero-order valence-electron chi connectivity index (χ0n) is 13.5. The summed E-state index contributed by atoms with van der Waals surface area (Å²) in [6, 6.07) is 7.52. The highest BCUT2D eigenvalue weighted by Crippen LogP contribution is 2.43. The molecule has 2 heteroatoms. The Kier molecular flexibility index (Phi) is 4.19. The minimum absolute atomic E-state index is 0.429. The summed E-state index contributed by atoms with van der Waals surface area (Å²) in [5, 5.41) is 5.88. The molecule has 0 amide bonds. The highest BCUT2D eigenvalue weighted by molar-refractivity contribution is 7.10. The van der Waals surface area contributed by atoms with Crippen molar-refractivity contribution in [3.63, 3.8) is 0 Å². The molecule has 0 saturated carbocycles. The number of hydrogen-bond donors (Lipinski definition) is 1. The van der Waals surface area contributed by atoms with Crippen molar-refractivity contribution in [2.24, 2.45) is 0 Å². The summed E-state index contributed by atoms with van der Waals surface area (Å²) in [6.07, 6.45) is 3.88. The molecule has 0 bridgehead atoms. The van der Waals surface area contributed by atoms with Crippen LogP contribution in [0.15, 0.2) is 23.6 Å². The van der Waals surface area contributed by atoms with E-state index in [2.05, 4.69) is 56.7 Å². The van der Waals surface area contributed by atoms with Crippen LogP contribution in [0.5, 0.6) is 0 Å². The maximum atomic E-state index is 3.61. The van der Waals surface area contributed by atoms with Gasteiger partial charge in [0.05, 0.1) is 0 Å². The Balaban J connectivity index is 2.03. The Morgan fingerprint density at radius 3 is 2.67 bits per heavy atom. The highest BCUT2D eigenvalue weighted by atomic mass is 32.1. The number of nitrogens with one attached hydrogen (secondary N) is 1. The van der Waals surface area contributed by atoms with Crippen LogP contribution in [0.2, 0.25) is 0 Å². The average Bonchev–Trinajstić information content (AvgIpc) is 2.94. The van der Waals surface area contributed by atoms with Gasteiger partial charge in [0.25, 0.3) is 0 Å². The Labute approximate surface area is 132 Å². The van der Waals surface area contributed by atoms with Crippen molar-refractivity contribution in [3.8, 4) is 0 Å². The fourth-order valence-corrected chi connectivity index (χ4v) is 4.76. The van der Waals surface area contributed by atoms with Gasteiger partial charge in [0.15, 0.2) is 0 Å². The maximum absolute atomic E-state index is 3.61. The molecule has 2 unspecified atom stereocenters. The van der Waals surface area contributed by atoms with Gasteiger partial charge in [-0.25, -0.2) is 0 Å². The lowest BCUT2D eigenvalue weighted by molar-refractivity contribution is 0.426. The zero-order valence-corrected chi connectivity index (χ0v) is 14.3. The van der Waals surface area contributed by atoms with Gasteiger partial charge in [0.1, 0.15) is 0 Å². The molecule has 1 aliphatic carbocycles. The summed E-state index contributed by atoms with van der Waals surface area (Å²) in [5.41, 5.74) is 7.27.